The third-order valence-corrected chi connectivity index (χ3v) is 9.17. The van der Waals surface area contributed by atoms with Crippen LogP contribution in [0.2, 0.25) is 0 Å². The van der Waals surface area contributed by atoms with Gasteiger partial charge in [-0.15, -0.1) is 0 Å². The highest BCUT2D eigenvalue weighted by molar-refractivity contribution is 6.21. The Labute approximate surface area is 220 Å². The van der Waals surface area contributed by atoms with Crippen LogP contribution < -0.4 is 11.1 Å². The SMILES string of the molecule is COC12C(=O)C3=C(O)c4c(O)cc(CNC5(C)CCOC5)c(C)c4CC3CC1(C)CC(=O)C(C([NH3+])=O)=C2O. The molecule has 10 nitrogen and oxygen atoms in total. The smallest absolute Gasteiger partial charge is 0.348 e. The minimum atomic E-state index is -2.03. The molecular formula is C28H35N2O8+. The molecular weight excluding hydrogens is 492 g/mol. The van der Waals surface area contributed by atoms with Crippen molar-refractivity contribution < 1.29 is 44.9 Å². The van der Waals surface area contributed by atoms with Crippen molar-refractivity contribution in [2.45, 2.75) is 64.1 Å². The van der Waals surface area contributed by atoms with Gasteiger partial charge >= 0.3 is 5.91 Å². The van der Waals surface area contributed by atoms with E-state index >= 15 is 0 Å². The Kier molecular flexibility index (Phi) is 6.11. The minimum Gasteiger partial charge on any atom is -0.508 e. The van der Waals surface area contributed by atoms with Gasteiger partial charge in [0.05, 0.1) is 12.2 Å². The van der Waals surface area contributed by atoms with Crippen molar-refractivity contribution in [2.24, 2.45) is 11.3 Å². The van der Waals surface area contributed by atoms with Crippen LogP contribution in [0, 0.1) is 18.3 Å². The molecule has 1 aromatic carbocycles. The number of rotatable bonds is 5. The molecule has 1 aliphatic heterocycles. The molecule has 1 amide bonds. The van der Waals surface area contributed by atoms with Crippen LogP contribution in [-0.4, -0.2) is 64.3 Å². The number of carbonyl (C=O) groups is 3. The molecule has 4 atom stereocenters. The van der Waals surface area contributed by atoms with Crippen LogP contribution in [0.4, 0.5) is 0 Å². The van der Waals surface area contributed by atoms with Crippen molar-refractivity contribution >= 4 is 23.2 Å². The Morgan fingerprint density at radius 3 is 2.58 bits per heavy atom. The number of methoxy groups -OCH3 is 1. The van der Waals surface area contributed by atoms with Crippen LogP contribution >= 0.6 is 0 Å². The number of ketones is 2. The molecule has 10 heteroatoms. The van der Waals surface area contributed by atoms with Gasteiger partial charge in [0.1, 0.15) is 11.5 Å². The number of hydrogen-bond donors (Lipinski definition) is 5. The molecule has 1 saturated carbocycles. The Bertz CT molecular complexity index is 1340. The number of nitrogens with one attached hydrogen (secondary N) is 1. The van der Waals surface area contributed by atoms with Crippen LogP contribution in [0.3, 0.4) is 0 Å². The molecule has 204 valence electrons. The highest BCUT2D eigenvalue weighted by atomic mass is 16.5. The normalized spacial score (nSPS) is 32.8. The predicted octanol–water partition coefficient (Wildman–Crippen LogP) is 1.33. The second-order valence-corrected chi connectivity index (χ2v) is 11.6. The Hall–Kier alpha value is -3.05. The zero-order valence-corrected chi connectivity index (χ0v) is 22.2. The fourth-order valence-electron chi connectivity index (χ4n) is 7.06. The topological polar surface area (TPSA) is 170 Å². The number of hydrogen-bond acceptors (Lipinski definition) is 9. The summed E-state index contributed by atoms with van der Waals surface area (Å²) in [6, 6.07) is 1.59. The highest BCUT2D eigenvalue weighted by Gasteiger charge is 2.68. The lowest BCUT2D eigenvalue weighted by Gasteiger charge is -2.54. The van der Waals surface area contributed by atoms with Crippen LogP contribution in [0.5, 0.6) is 5.75 Å². The van der Waals surface area contributed by atoms with Crippen molar-refractivity contribution in [2.75, 3.05) is 20.3 Å². The summed E-state index contributed by atoms with van der Waals surface area (Å²) in [6.07, 6.45) is 1.27. The molecule has 0 bridgehead atoms. The first-order valence-corrected chi connectivity index (χ1v) is 12.8. The van der Waals surface area contributed by atoms with E-state index in [0.29, 0.717) is 26.2 Å². The molecule has 0 aromatic heterocycles. The zero-order chi connectivity index (χ0) is 27.8. The second-order valence-electron chi connectivity index (χ2n) is 11.6. The van der Waals surface area contributed by atoms with Gasteiger partial charge in [0.2, 0.25) is 5.78 Å². The summed E-state index contributed by atoms with van der Waals surface area (Å²) in [5.41, 5.74) is 2.04. The van der Waals surface area contributed by atoms with Crippen LogP contribution in [0.15, 0.2) is 23.0 Å². The fourth-order valence-corrected chi connectivity index (χ4v) is 7.06. The van der Waals surface area contributed by atoms with Crippen molar-refractivity contribution in [3.63, 3.8) is 0 Å². The maximum Gasteiger partial charge on any atom is 0.348 e. The average Bonchev–Trinajstić information content (AvgIpc) is 3.26. The van der Waals surface area contributed by atoms with E-state index < -0.39 is 45.7 Å². The Morgan fingerprint density at radius 1 is 1.26 bits per heavy atom. The number of Topliss-reactive ketones (excluding diaryl/α,β-unsaturated/α-hetero) is 2. The standard InChI is InChI=1S/C28H34N2O8/c1-13-15(11-30-27(3)5-6-38-12-27)8-17(31)20-16(13)7-14-9-26(2)10-18(32)21(25(29)36)24(35)28(26,37-4)23(34)19(14)22(20)33/h8,14,30-31,33,35H,5-7,9-12H2,1-4H3,(H2,29,36)/p+1. The number of aliphatic hydroxyl groups excluding tert-OH is 2. The number of benzene rings is 1. The van der Waals surface area contributed by atoms with Gasteiger partial charge in [-0.25, -0.2) is 4.79 Å². The van der Waals surface area contributed by atoms with Crippen LogP contribution in [-0.2, 0) is 36.8 Å². The third kappa shape index (κ3) is 3.51. The number of carbonyl (C=O) groups excluding carboxylic acids is 3. The molecule has 2 fully saturated rings. The van der Waals surface area contributed by atoms with Gasteiger partial charge in [0.15, 0.2) is 22.7 Å². The lowest BCUT2D eigenvalue weighted by Crippen LogP contribution is -2.67. The molecule has 1 heterocycles. The van der Waals surface area contributed by atoms with Gasteiger partial charge in [-0.3, -0.25) is 15.3 Å². The molecule has 0 spiro atoms. The summed E-state index contributed by atoms with van der Waals surface area (Å²) in [6.45, 7) is 7.49. The molecule has 38 heavy (non-hydrogen) atoms. The maximum absolute atomic E-state index is 14.1. The third-order valence-electron chi connectivity index (χ3n) is 9.17. The maximum atomic E-state index is 14.1. The first kappa shape index (κ1) is 26.6. The zero-order valence-electron chi connectivity index (χ0n) is 22.2. The molecule has 4 unspecified atom stereocenters. The second kappa shape index (κ2) is 8.74. The van der Waals surface area contributed by atoms with E-state index in [2.05, 4.69) is 18.0 Å². The fraction of sp³-hybridized carbons (Fsp3) is 0.536. The quantitative estimate of drug-likeness (QED) is 0.354. The van der Waals surface area contributed by atoms with Crippen LogP contribution in [0.25, 0.3) is 5.76 Å². The van der Waals surface area contributed by atoms with Crippen LogP contribution in [0.1, 0.15) is 55.4 Å². The number of fused-ring (bicyclic) bond motifs is 3. The molecule has 0 radical (unpaired) electrons. The summed E-state index contributed by atoms with van der Waals surface area (Å²) in [5, 5.41) is 37.1. The molecule has 7 N–H and O–H groups in total. The lowest BCUT2D eigenvalue weighted by molar-refractivity contribution is -0.299. The predicted molar refractivity (Wildman–Crippen MR) is 135 cm³/mol. The van der Waals surface area contributed by atoms with E-state index in [1.165, 1.54) is 7.11 Å². The van der Waals surface area contributed by atoms with E-state index in [1.54, 1.807) is 13.0 Å². The molecule has 1 saturated heterocycles. The molecule has 1 aromatic rings. The average molecular weight is 528 g/mol. The summed E-state index contributed by atoms with van der Waals surface area (Å²) in [4.78, 5) is 39.1. The number of phenolic OH excluding ortho intramolecular Hbond substituents is 1. The minimum absolute atomic E-state index is 0.0183. The van der Waals surface area contributed by atoms with E-state index in [0.717, 1.165) is 23.1 Å². The van der Waals surface area contributed by atoms with E-state index in [9.17, 15) is 29.7 Å². The van der Waals surface area contributed by atoms with Crippen molar-refractivity contribution in [3.8, 4) is 5.75 Å². The summed E-state index contributed by atoms with van der Waals surface area (Å²) >= 11 is 0. The Morgan fingerprint density at radius 2 is 1.97 bits per heavy atom. The van der Waals surface area contributed by atoms with Gasteiger partial charge in [-0.05, 0) is 61.8 Å². The van der Waals surface area contributed by atoms with E-state index in [-0.39, 0.29) is 41.0 Å². The monoisotopic (exact) mass is 527 g/mol. The van der Waals surface area contributed by atoms with Gasteiger partial charge < -0.3 is 30.1 Å². The summed E-state index contributed by atoms with van der Waals surface area (Å²) < 4.78 is 11.2. The largest absolute Gasteiger partial charge is 0.508 e. The van der Waals surface area contributed by atoms with Crippen molar-refractivity contribution in [1.29, 1.82) is 0 Å². The van der Waals surface area contributed by atoms with Gasteiger partial charge in [0.25, 0.3) is 0 Å². The first-order valence-electron chi connectivity index (χ1n) is 12.8. The number of ether oxygens (including phenoxy) is 2. The lowest BCUT2D eigenvalue weighted by atomic mass is 9.51. The Balaban J connectivity index is 1.62. The van der Waals surface area contributed by atoms with Gasteiger partial charge in [0, 0.05) is 43.2 Å². The molecule has 5 rings (SSSR count). The highest BCUT2D eigenvalue weighted by Crippen LogP contribution is 2.59. The van der Waals surface area contributed by atoms with Crippen molar-refractivity contribution in [3.05, 3.63) is 45.2 Å². The van der Waals surface area contributed by atoms with Gasteiger partial charge in [-0.2, -0.15) is 0 Å². The number of quaternary nitrogens is 1. The first-order chi connectivity index (χ1) is 17.8. The van der Waals surface area contributed by atoms with E-state index in [4.69, 9.17) is 9.47 Å². The van der Waals surface area contributed by atoms with E-state index in [1.807, 2.05) is 6.92 Å². The summed E-state index contributed by atoms with van der Waals surface area (Å²) in [7, 11) is 1.23. The number of amides is 1. The molecule has 4 aliphatic rings. The summed E-state index contributed by atoms with van der Waals surface area (Å²) in [5.74, 6) is -3.99. The van der Waals surface area contributed by atoms with Gasteiger partial charge in [-0.1, -0.05) is 6.92 Å². The molecule has 3 aliphatic carbocycles. The number of phenols is 1. The number of aromatic hydroxyl groups is 1. The van der Waals surface area contributed by atoms with Crippen molar-refractivity contribution in [1.82, 2.24) is 5.32 Å². The number of aliphatic hydroxyl groups is 2.